The van der Waals surface area contributed by atoms with E-state index in [-0.39, 0.29) is 24.3 Å². The zero-order valence-electron chi connectivity index (χ0n) is 12.6. The Morgan fingerprint density at radius 1 is 1.38 bits per heavy atom. The van der Waals surface area contributed by atoms with Gasteiger partial charge in [0.1, 0.15) is 12.3 Å². The summed E-state index contributed by atoms with van der Waals surface area (Å²) >= 11 is 0. The van der Waals surface area contributed by atoms with E-state index in [1.807, 2.05) is 13.0 Å². The number of nitrogens with zero attached hydrogens (tertiary/aromatic N) is 1. The van der Waals surface area contributed by atoms with Crippen LogP contribution in [-0.2, 0) is 14.3 Å². The number of dihydropyridines is 1. The molecule has 6 heteroatoms. The van der Waals surface area contributed by atoms with Gasteiger partial charge >= 0.3 is 0 Å². The van der Waals surface area contributed by atoms with Gasteiger partial charge in [-0.05, 0) is 39.0 Å². The Bertz CT molecular complexity index is 467. The van der Waals surface area contributed by atoms with Crippen molar-refractivity contribution in [2.24, 2.45) is 0 Å². The van der Waals surface area contributed by atoms with Crippen molar-refractivity contribution in [2.75, 3.05) is 26.7 Å². The van der Waals surface area contributed by atoms with E-state index in [2.05, 4.69) is 22.6 Å². The maximum absolute atomic E-state index is 11.9. The first-order valence-electron chi connectivity index (χ1n) is 7.59. The van der Waals surface area contributed by atoms with Gasteiger partial charge in [0.05, 0.1) is 18.2 Å². The molecule has 0 aromatic heterocycles. The SMILES string of the molecule is CC1CNC(=O)C2=C(NC(OC3CCN(C)CC3)C=C2)O1. The number of hydrogen-bond donors (Lipinski definition) is 2. The third-order valence-electron chi connectivity index (χ3n) is 4.07. The van der Waals surface area contributed by atoms with Crippen LogP contribution in [0.1, 0.15) is 19.8 Å². The minimum absolute atomic E-state index is 0.0515. The van der Waals surface area contributed by atoms with Crippen molar-refractivity contribution in [1.29, 1.82) is 0 Å². The maximum Gasteiger partial charge on any atom is 0.256 e. The Labute approximate surface area is 125 Å². The molecule has 0 spiro atoms. The molecule has 0 aromatic carbocycles. The van der Waals surface area contributed by atoms with Crippen molar-refractivity contribution in [2.45, 2.75) is 38.2 Å². The number of likely N-dealkylation sites (tertiary alicyclic amines) is 1. The molecule has 0 aliphatic carbocycles. The fraction of sp³-hybridized carbons (Fsp3) is 0.667. The zero-order chi connectivity index (χ0) is 14.8. The molecule has 2 N–H and O–H groups in total. The van der Waals surface area contributed by atoms with Gasteiger partial charge in [0.15, 0.2) is 0 Å². The van der Waals surface area contributed by atoms with Crippen molar-refractivity contribution < 1.29 is 14.3 Å². The van der Waals surface area contributed by atoms with Gasteiger partial charge in [0.25, 0.3) is 5.91 Å². The van der Waals surface area contributed by atoms with E-state index in [0.29, 0.717) is 18.0 Å². The molecule has 0 aromatic rings. The molecular weight excluding hydrogens is 270 g/mol. The lowest BCUT2D eigenvalue weighted by molar-refractivity contribution is -0.117. The largest absolute Gasteiger partial charge is 0.474 e. The molecule has 0 radical (unpaired) electrons. The molecule has 0 saturated carbocycles. The smallest absolute Gasteiger partial charge is 0.256 e. The number of piperidine rings is 1. The fourth-order valence-corrected chi connectivity index (χ4v) is 2.77. The summed E-state index contributed by atoms with van der Waals surface area (Å²) in [6.07, 6.45) is 5.72. The van der Waals surface area contributed by atoms with Crippen LogP contribution >= 0.6 is 0 Å². The van der Waals surface area contributed by atoms with Crippen LogP contribution in [0.15, 0.2) is 23.6 Å². The molecule has 3 heterocycles. The molecule has 1 fully saturated rings. The van der Waals surface area contributed by atoms with E-state index in [0.717, 1.165) is 25.9 Å². The number of carbonyl (C=O) groups is 1. The lowest BCUT2D eigenvalue weighted by Crippen LogP contribution is -2.41. The Balaban J connectivity index is 1.62. The van der Waals surface area contributed by atoms with Crippen LogP contribution in [0.4, 0.5) is 0 Å². The third-order valence-corrected chi connectivity index (χ3v) is 4.07. The lowest BCUT2D eigenvalue weighted by atomic mass is 10.1. The topological polar surface area (TPSA) is 62.8 Å². The molecule has 2 unspecified atom stereocenters. The summed E-state index contributed by atoms with van der Waals surface area (Å²) < 4.78 is 11.8. The van der Waals surface area contributed by atoms with Crippen LogP contribution in [0.5, 0.6) is 0 Å². The highest BCUT2D eigenvalue weighted by atomic mass is 16.5. The van der Waals surface area contributed by atoms with Gasteiger partial charge in [0, 0.05) is 13.1 Å². The fourth-order valence-electron chi connectivity index (χ4n) is 2.77. The van der Waals surface area contributed by atoms with Crippen LogP contribution in [0, 0.1) is 0 Å². The highest BCUT2D eigenvalue weighted by Gasteiger charge is 2.28. The standard InChI is InChI=1S/C15H23N3O3/c1-10-9-16-14(19)12-3-4-13(17-15(12)20-10)21-11-5-7-18(2)8-6-11/h3-4,10-11,13,17H,5-9H2,1-2H3,(H,16,19). The summed E-state index contributed by atoms with van der Waals surface area (Å²) in [7, 11) is 2.13. The van der Waals surface area contributed by atoms with Gasteiger partial charge in [-0.2, -0.15) is 0 Å². The van der Waals surface area contributed by atoms with Gasteiger partial charge in [-0.3, -0.25) is 4.79 Å². The molecule has 3 rings (SSSR count). The first kappa shape index (κ1) is 14.4. The van der Waals surface area contributed by atoms with Gasteiger partial charge in [0.2, 0.25) is 5.88 Å². The lowest BCUT2D eigenvalue weighted by Gasteiger charge is -2.32. The summed E-state index contributed by atoms with van der Waals surface area (Å²) in [5.74, 6) is 0.425. The molecular formula is C15H23N3O3. The second-order valence-corrected chi connectivity index (χ2v) is 5.94. The molecule has 3 aliphatic heterocycles. The molecule has 1 saturated heterocycles. The van der Waals surface area contributed by atoms with Crippen molar-refractivity contribution in [3.05, 3.63) is 23.6 Å². The number of amides is 1. The number of rotatable bonds is 2. The molecule has 21 heavy (non-hydrogen) atoms. The van der Waals surface area contributed by atoms with Gasteiger partial charge < -0.3 is 25.0 Å². The Kier molecular flexibility index (Phi) is 4.17. The number of nitrogens with one attached hydrogen (secondary N) is 2. The number of ether oxygens (including phenoxy) is 2. The average Bonchev–Trinajstić information content (AvgIpc) is 2.60. The quantitative estimate of drug-likeness (QED) is 0.768. The van der Waals surface area contributed by atoms with Crippen LogP contribution in [0.2, 0.25) is 0 Å². The average molecular weight is 293 g/mol. The van der Waals surface area contributed by atoms with Crippen molar-refractivity contribution >= 4 is 5.91 Å². The maximum atomic E-state index is 11.9. The van der Waals surface area contributed by atoms with Crippen molar-refractivity contribution in [3.63, 3.8) is 0 Å². The summed E-state index contributed by atoms with van der Waals surface area (Å²) in [5, 5.41) is 6.02. The minimum atomic E-state index is -0.227. The first-order chi connectivity index (χ1) is 10.1. The van der Waals surface area contributed by atoms with Crippen LogP contribution in [0.3, 0.4) is 0 Å². The van der Waals surface area contributed by atoms with E-state index < -0.39 is 0 Å². The van der Waals surface area contributed by atoms with Crippen LogP contribution < -0.4 is 10.6 Å². The van der Waals surface area contributed by atoms with Gasteiger partial charge in [-0.15, -0.1) is 0 Å². The third kappa shape index (κ3) is 3.39. The number of carbonyl (C=O) groups excluding carboxylic acids is 1. The summed E-state index contributed by atoms with van der Waals surface area (Å²) in [5.41, 5.74) is 0.544. The molecule has 0 bridgehead atoms. The number of hydrogen-bond acceptors (Lipinski definition) is 5. The summed E-state index contributed by atoms with van der Waals surface area (Å²) in [6, 6.07) is 0. The molecule has 116 valence electrons. The molecule has 3 aliphatic rings. The van der Waals surface area contributed by atoms with Crippen LogP contribution in [0.25, 0.3) is 0 Å². The van der Waals surface area contributed by atoms with E-state index in [1.54, 1.807) is 6.08 Å². The minimum Gasteiger partial charge on any atom is -0.474 e. The van der Waals surface area contributed by atoms with Crippen molar-refractivity contribution in [3.8, 4) is 0 Å². The van der Waals surface area contributed by atoms with Crippen LogP contribution in [-0.4, -0.2) is 55.9 Å². The second-order valence-electron chi connectivity index (χ2n) is 5.94. The van der Waals surface area contributed by atoms with E-state index in [4.69, 9.17) is 9.47 Å². The van der Waals surface area contributed by atoms with E-state index in [1.165, 1.54) is 0 Å². The van der Waals surface area contributed by atoms with Gasteiger partial charge in [-0.25, -0.2) is 0 Å². The summed E-state index contributed by atoms with van der Waals surface area (Å²) in [4.78, 5) is 14.3. The predicted octanol–water partition coefficient (Wildman–Crippen LogP) is 0.329. The highest BCUT2D eigenvalue weighted by molar-refractivity contribution is 5.97. The molecule has 6 nitrogen and oxygen atoms in total. The predicted molar refractivity (Wildman–Crippen MR) is 78.3 cm³/mol. The second kappa shape index (κ2) is 6.07. The van der Waals surface area contributed by atoms with Gasteiger partial charge in [-0.1, -0.05) is 0 Å². The van der Waals surface area contributed by atoms with E-state index in [9.17, 15) is 4.79 Å². The normalized spacial score (nSPS) is 31.0. The molecule has 1 amide bonds. The Morgan fingerprint density at radius 3 is 2.90 bits per heavy atom. The zero-order valence-corrected chi connectivity index (χ0v) is 12.6. The highest BCUT2D eigenvalue weighted by Crippen LogP contribution is 2.20. The Hall–Kier alpha value is -1.53. The first-order valence-corrected chi connectivity index (χ1v) is 7.59. The molecule has 2 atom stereocenters. The Morgan fingerprint density at radius 2 is 2.14 bits per heavy atom. The van der Waals surface area contributed by atoms with E-state index >= 15 is 0 Å². The van der Waals surface area contributed by atoms with Crippen molar-refractivity contribution in [1.82, 2.24) is 15.5 Å². The summed E-state index contributed by atoms with van der Waals surface area (Å²) in [6.45, 7) is 4.57. The monoisotopic (exact) mass is 293 g/mol.